The van der Waals surface area contributed by atoms with Gasteiger partial charge < -0.3 is 73.7 Å². The summed E-state index contributed by atoms with van der Waals surface area (Å²) in [5, 5.41) is 83.1. The van der Waals surface area contributed by atoms with Crippen LogP contribution >= 0.6 is 0 Å². The smallest absolute Gasteiger partial charge is 0.239 e. The highest BCUT2D eigenvalue weighted by molar-refractivity contribution is 5.88. The highest BCUT2D eigenvalue weighted by Crippen LogP contribution is 2.40. The molecule has 45 heavy (non-hydrogen) atoms. The van der Waals surface area contributed by atoms with Crippen LogP contribution < -0.4 is 19.6 Å². The Hall–Kier alpha value is -3.71. The van der Waals surface area contributed by atoms with Crippen molar-refractivity contribution in [1.29, 1.82) is 0 Å². The van der Waals surface area contributed by atoms with Gasteiger partial charge in [0, 0.05) is 17.7 Å². The van der Waals surface area contributed by atoms with E-state index in [0.29, 0.717) is 0 Å². The van der Waals surface area contributed by atoms with Crippen LogP contribution in [0, 0.1) is 0 Å². The molecule has 0 spiro atoms. The summed E-state index contributed by atoms with van der Waals surface area (Å²) < 4.78 is 39.1. The summed E-state index contributed by atoms with van der Waals surface area (Å²) in [6.45, 7) is 0.592. The average molecular weight is 639 g/mol. The van der Waals surface area contributed by atoms with Crippen molar-refractivity contribution in [2.24, 2.45) is 0 Å². The third kappa shape index (κ3) is 5.99. The monoisotopic (exact) mass is 638 g/mol. The summed E-state index contributed by atoms with van der Waals surface area (Å²) in [6.07, 6.45) is -16.4. The quantitative estimate of drug-likeness (QED) is 0.146. The summed E-state index contributed by atoms with van der Waals surface area (Å²) in [7, 11) is 2.67. The Kier molecular flexibility index (Phi) is 9.41. The van der Waals surface area contributed by atoms with E-state index in [0.717, 1.165) is 6.07 Å². The van der Waals surface area contributed by atoms with Crippen molar-refractivity contribution >= 4 is 11.0 Å². The third-order valence-corrected chi connectivity index (χ3v) is 7.74. The van der Waals surface area contributed by atoms with Gasteiger partial charge in [-0.25, -0.2) is 0 Å². The molecule has 10 unspecified atom stereocenters. The van der Waals surface area contributed by atoms with Crippen LogP contribution in [0.3, 0.4) is 0 Å². The molecule has 0 aliphatic carbocycles. The molecule has 10 atom stereocenters. The molecule has 3 heterocycles. The summed E-state index contributed by atoms with van der Waals surface area (Å²) in [5.74, 6) is -1.51. The lowest BCUT2D eigenvalue weighted by atomic mass is 9.97. The minimum Gasteiger partial charge on any atom is -0.507 e. The molecule has 0 amide bonds. The molecule has 5 rings (SSSR count). The van der Waals surface area contributed by atoms with Crippen molar-refractivity contribution in [2.45, 2.75) is 68.3 Å². The zero-order valence-electron chi connectivity index (χ0n) is 24.2. The molecule has 2 aromatic carbocycles. The highest BCUT2D eigenvalue weighted by Gasteiger charge is 2.51. The van der Waals surface area contributed by atoms with Crippen LogP contribution in [0.1, 0.15) is 6.92 Å². The van der Waals surface area contributed by atoms with Crippen molar-refractivity contribution in [3.05, 3.63) is 40.6 Å². The van der Waals surface area contributed by atoms with Crippen LogP contribution in [0.5, 0.6) is 28.7 Å². The van der Waals surface area contributed by atoms with Gasteiger partial charge in [-0.3, -0.25) is 4.79 Å². The number of ether oxygens (including phenoxy) is 6. The number of rotatable bonds is 8. The van der Waals surface area contributed by atoms with E-state index in [-0.39, 0.29) is 39.5 Å². The first-order chi connectivity index (χ1) is 21.4. The van der Waals surface area contributed by atoms with E-state index in [4.69, 9.17) is 32.8 Å². The number of hydrogen-bond donors (Lipinski definition) is 8. The van der Waals surface area contributed by atoms with Crippen molar-refractivity contribution in [3.8, 4) is 40.1 Å². The Bertz CT molecular complexity index is 1570. The van der Waals surface area contributed by atoms with E-state index in [1.807, 2.05) is 0 Å². The summed E-state index contributed by atoms with van der Waals surface area (Å²) in [4.78, 5) is 13.9. The fraction of sp³-hybridized carbons (Fsp3) is 0.483. The molecular formula is C29H34O16. The zero-order valence-corrected chi connectivity index (χ0v) is 24.2. The highest BCUT2D eigenvalue weighted by atomic mass is 16.8. The lowest BCUT2D eigenvalue weighted by Crippen LogP contribution is -2.64. The number of fused-ring (bicyclic) bond motifs is 1. The number of phenols is 2. The number of benzene rings is 2. The van der Waals surface area contributed by atoms with Crippen LogP contribution in [0.15, 0.2) is 39.5 Å². The minimum absolute atomic E-state index is 0.0918. The van der Waals surface area contributed by atoms with Crippen molar-refractivity contribution < 1.29 is 73.7 Å². The van der Waals surface area contributed by atoms with E-state index in [1.165, 1.54) is 45.4 Å². The predicted octanol–water partition coefficient (Wildman–Crippen LogP) is -1.08. The SMILES string of the molecule is COc1cc(O)c2c(=O)c(OC3OC(CO)C(O)C(O)C3OC3OC(C)C(O)C(O)C3O)c(-c3ccc(OC)c(O)c3)oc2c1. The van der Waals surface area contributed by atoms with Gasteiger partial charge in [0.1, 0.15) is 59.1 Å². The molecule has 16 nitrogen and oxygen atoms in total. The van der Waals surface area contributed by atoms with Gasteiger partial charge in [0.15, 0.2) is 29.7 Å². The molecule has 1 aromatic heterocycles. The fourth-order valence-electron chi connectivity index (χ4n) is 5.20. The molecule has 2 fully saturated rings. The van der Waals surface area contributed by atoms with Gasteiger partial charge in [-0.1, -0.05) is 0 Å². The number of aliphatic hydroxyl groups excluding tert-OH is 6. The topological polar surface area (TPSA) is 247 Å². The van der Waals surface area contributed by atoms with E-state index in [1.54, 1.807) is 0 Å². The molecule has 246 valence electrons. The fourth-order valence-corrected chi connectivity index (χ4v) is 5.20. The lowest BCUT2D eigenvalue weighted by Gasteiger charge is -2.45. The predicted molar refractivity (Wildman–Crippen MR) is 150 cm³/mol. The molecular weight excluding hydrogens is 604 g/mol. The molecule has 0 bridgehead atoms. The number of aliphatic hydroxyl groups is 6. The maximum absolute atomic E-state index is 13.9. The van der Waals surface area contributed by atoms with Crippen LogP contribution in [0.2, 0.25) is 0 Å². The Morgan fingerprint density at radius 2 is 1.56 bits per heavy atom. The summed E-state index contributed by atoms with van der Waals surface area (Å²) >= 11 is 0. The molecule has 2 aliphatic heterocycles. The van der Waals surface area contributed by atoms with E-state index < -0.39 is 84.9 Å². The van der Waals surface area contributed by atoms with E-state index in [2.05, 4.69) is 0 Å². The van der Waals surface area contributed by atoms with Crippen LogP contribution in [0.25, 0.3) is 22.3 Å². The Morgan fingerprint density at radius 1 is 0.822 bits per heavy atom. The first-order valence-corrected chi connectivity index (χ1v) is 13.8. The van der Waals surface area contributed by atoms with E-state index in [9.17, 15) is 45.6 Å². The number of aromatic hydroxyl groups is 2. The Balaban J connectivity index is 1.63. The van der Waals surface area contributed by atoms with Gasteiger partial charge in [0.2, 0.25) is 17.5 Å². The van der Waals surface area contributed by atoms with Gasteiger partial charge in [0.05, 0.1) is 26.9 Å². The van der Waals surface area contributed by atoms with Crippen LogP contribution in [0.4, 0.5) is 0 Å². The molecule has 2 aliphatic rings. The van der Waals surface area contributed by atoms with Crippen LogP contribution in [-0.4, -0.2) is 123 Å². The van der Waals surface area contributed by atoms with Gasteiger partial charge in [-0.15, -0.1) is 0 Å². The first-order valence-electron chi connectivity index (χ1n) is 13.8. The summed E-state index contributed by atoms with van der Waals surface area (Å²) in [5.41, 5.74) is -0.976. The Labute approximate surface area is 254 Å². The van der Waals surface area contributed by atoms with Crippen LogP contribution in [-0.2, 0) is 14.2 Å². The number of methoxy groups -OCH3 is 2. The lowest BCUT2D eigenvalue weighted by molar-refractivity contribution is -0.354. The zero-order chi connectivity index (χ0) is 32.7. The molecule has 0 radical (unpaired) electrons. The molecule has 16 heteroatoms. The molecule has 2 saturated heterocycles. The van der Waals surface area contributed by atoms with Crippen molar-refractivity contribution in [2.75, 3.05) is 20.8 Å². The number of hydrogen-bond acceptors (Lipinski definition) is 16. The molecule has 0 saturated carbocycles. The number of phenolic OH excluding ortho intramolecular Hbond substituents is 2. The maximum Gasteiger partial charge on any atom is 0.239 e. The standard InChI is InChI=1S/C29H34O16/c1-10-19(33)22(36)24(38)28(41-10)45-27-23(37)20(34)17(9-30)43-29(27)44-26-21(35)18-14(32)7-12(39-2)8-16(18)42-25(26)11-4-5-15(40-3)13(31)6-11/h4-8,10,17,19-20,22-24,27-34,36-38H,9H2,1-3H3. The second-order valence-corrected chi connectivity index (χ2v) is 10.6. The average Bonchev–Trinajstić information content (AvgIpc) is 3.02. The van der Waals surface area contributed by atoms with E-state index >= 15 is 0 Å². The normalized spacial score (nSPS) is 31.9. The van der Waals surface area contributed by atoms with Gasteiger partial charge in [0.25, 0.3) is 0 Å². The second kappa shape index (κ2) is 13.0. The van der Waals surface area contributed by atoms with Gasteiger partial charge in [-0.05, 0) is 25.1 Å². The van der Waals surface area contributed by atoms with Gasteiger partial charge in [-0.2, -0.15) is 0 Å². The molecule has 8 N–H and O–H groups in total. The second-order valence-electron chi connectivity index (χ2n) is 10.6. The van der Waals surface area contributed by atoms with Crippen molar-refractivity contribution in [3.63, 3.8) is 0 Å². The summed E-state index contributed by atoms with van der Waals surface area (Å²) in [6, 6.07) is 6.52. The first kappa shape index (κ1) is 32.7. The maximum atomic E-state index is 13.9. The Morgan fingerprint density at radius 3 is 2.20 bits per heavy atom. The third-order valence-electron chi connectivity index (χ3n) is 7.74. The largest absolute Gasteiger partial charge is 0.507 e. The minimum atomic E-state index is -1.88. The van der Waals surface area contributed by atoms with Crippen molar-refractivity contribution in [1.82, 2.24) is 0 Å². The molecule has 3 aromatic rings. The van der Waals surface area contributed by atoms with Gasteiger partial charge >= 0.3 is 0 Å².